The van der Waals surface area contributed by atoms with E-state index in [1.54, 1.807) is 30.3 Å². The molecular weight excluding hydrogens is 263 g/mol. The molecule has 2 aromatic carbocycles. The molecule has 19 heavy (non-hydrogen) atoms. The summed E-state index contributed by atoms with van der Waals surface area (Å²) < 4.78 is 13.1. The summed E-state index contributed by atoms with van der Waals surface area (Å²) in [5.41, 5.74) is 2.32. The third kappa shape index (κ3) is 3.24. The van der Waals surface area contributed by atoms with Gasteiger partial charge in [-0.05, 0) is 48.4 Å². The summed E-state index contributed by atoms with van der Waals surface area (Å²) in [6, 6.07) is 13.0. The molecule has 1 unspecified atom stereocenters. The van der Waals surface area contributed by atoms with Gasteiger partial charge in [0.25, 0.3) is 0 Å². The Kier molecular flexibility index (Phi) is 4.03. The summed E-state index contributed by atoms with van der Waals surface area (Å²) in [5, 5.41) is 12.9. The molecule has 2 rings (SSSR count). The van der Waals surface area contributed by atoms with E-state index in [0.29, 0.717) is 10.7 Å². The molecule has 1 atom stereocenters. The van der Waals surface area contributed by atoms with Gasteiger partial charge in [-0.3, -0.25) is 0 Å². The number of anilines is 1. The fourth-order valence-corrected chi connectivity index (χ4v) is 2.11. The molecule has 0 radical (unpaired) electrons. The number of aryl methyl sites for hydroxylation is 1. The molecule has 0 saturated carbocycles. The van der Waals surface area contributed by atoms with E-state index >= 15 is 0 Å². The van der Waals surface area contributed by atoms with Gasteiger partial charge in [0.05, 0.1) is 6.07 Å². The minimum Gasteiger partial charge on any atom is -0.366 e. The van der Waals surface area contributed by atoms with Gasteiger partial charge in [-0.2, -0.15) is 5.26 Å². The van der Waals surface area contributed by atoms with Crippen LogP contribution in [0.5, 0.6) is 0 Å². The van der Waals surface area contributed by atoms with E-state index in [2.05, 4.69) is 11.4 Å². The largest absolute Gasteiger partial charge is 0.366 e. The third-order valence-electron chi connectivity index (χ3n) is 2.81. The maximum atomic E-state index is 13.1. The van der Waals surface area contributed by atoms with Crippen LogP contribution < -0.4 is 5.32 Å². The zero-order chi connectivity index (χ0) is 13.8. The van der Waals surface area contributed by atoms with Crippen molar-refractivity contribution in [1.82, 2.24) is 0 Å². The van der Waals surface area contributed by atoms with Gasteiger partial charge in [-0.15, -0.1) is 0 Å². The van der Waals surface area contributed by atoms with Gasteiger partial charge in [0, 0.05) is 10.7 Å². The first kappa shape index (κ1) is 13.4. The quantitative estimate of drug-likeness (QED) is 0.897. The molecule has 0 aliphatic carbocycles. The first-order chi connectivity index (χ1) is 9.10. The topological polar surface area (TPSA) is 35.8 Å². The highest BCUT2D eigenvalue weighted by molar-refractivity contribution is 6.30. The lowest BCUT2D eigenvalue weighted by Crippen LogP contribution is -2.10. The molecule has 2 nitrogen and oxygen atoms in total. The van der Waals surface area contributed by atoms with Gasteiger partial charge < -0.3 is 5.32 Å². The zero-order valence-electron chi connectivity index (χ0n) is 10.3. The van der Waals surface area contributed by atoms with E-state index in [1.807, 2.05) is 6.92 Å². The predicted molar refractivity (Wildman–Crippen MR) is 74.6 cm³/mol. The average molecular weight is 275 g/mol. The Morgan fingerprint density at radius 2 is 2.05 bits per heavy atom. The first-order valence-corrected chi connectivity index (χ1v) is 6.15. The highest BCUT2D eigenvalue weighted by Crippen LogP contribution is 2.24. The number of nitrogens with one attached hydrogen (secondary N) is 1. The van der Waals surface area contributed by atoms with Crippen molar-refractivity contribution in [1.29, 1.82) is 5.26 Å². The van der Waals surface area contributed by atoms with Crippen molar-refractivity contribution in [2.75, 3.05) is 5.32 Å². The number of nitriles is 1. The SMILES string of the molecule is Cc1cc(Cl)ccc1C(C#N)Nc1cccc(F)c1. The van der Waals surface area contributed by atoms with Gasteiger partial charge in [-0.1, -0.05) is 23.7 Å². The van der Waals surface area contributed by atoms with E-state index in [-0.39, 0.29) is 5.82 Å². The Hall–Kier alpha value is -2.05. The summed E-state index contributed by atoms with van der Waals surface area (Å²) in [7, 11) is 0. The highest BCUT2D eigenvalue weighted by Gasteiger charge is 2.13. The Morgan fingerprint density at radius 1 is 1.26 bits per heavy atom. The van der Waals surface area contributed by atoms with E-state index in [0.717, 1.165) is 11.1 Å². The first-order valence-electron chi connectivity index (χ1n) is 5.78. The molecule has 0 aliphatic rings. The van der Waals surface area contributed by atoms with Gasteiger partial charge in [-0.25, -0.2) is 4.39 Å². The molecule has 1 N–H and O–H groups in total. The standard InChI is InChI=1S/C15H12ClFN2/c1-10-7-11(16)5-6-14(10)15(9-18)19-13-4-2-3-12(17)8-13/h2-8,15,19H,1H3. The van der Waals surface area contributed by atoms with E-state index in [1.165, 1.54) is 12.1 Å². The number of hydrogen-bond donors (Lipinski definition) is 1. The van der Waals surface area contributed by atoms with Gasteiger partial charge in [0.15, 0.2) is 0 Å². The van der Waals surface area contributed by atoms with E-state index in [9.17, 15) is 9.65 Å². The Balaban J connectivity index is 2.28. The van der Waals surface area contributed by atoms with Crippen molar-refractivity contribution in [2.45, 2.75) is 13.0 Å². The fraction of sp³-hybridized carbons (Fsp3) is 0.133. The lowest BCUT2D eigenvalue weighted by molar-refractivity contribution is 0.628. The third-order valence-corrected chi connectivity index (χ3v) is 3.04. The lowest BCUT2D eigenvalue weighted by atomic mass is 10.0. The maximum Gasteiger partial charge on any atom is 0.140 e. The van der Waals surface area contributed by atoms with Crippen LogP contribution in [0.15, 0.2) is 42.5 Å². The number of benzene rings is 2. The monoisotopic (exact) mass is 274 g/mol. The predicted octanol–water partition coefficient (Wildman–Crippen LogP) is 4.46. The Morgan fingerprint density at radius 3 is 2.68 bits per heavy atom. The second-order valence-corrected chi connectivity index (χ2v) is 4.65. The van der Waals surface area contributed by atoms with Crippen molar-refractivity contribution in [2.24, 2.45) is 0 Å². The summed E-state index contributed by atoms with van der Waals surface area (Å²) in [6.07, 6.45) is 0. The van der Waals surface area contributed by atoms with Crippen molar-refractivity contribution in [3.63, 3.8) is 0 Å². The van der Waals surface area contributed by atoms with Crippen molar-refractivity contribution >= 4 is 17.3 Å². The van der Waals surface area contributed by atoms with Crippen LogP contribution >= 0.6 is 11.6 Å². The van der Waals surface area contributed by atoms with Gasteiger partial charge >= 0.3 is 0 Å². The Labute approximate surface area is 116 Å². The normalized spacial score (nSPS) is 11.7. The highest BCUT2D eigenvalue weighted by atomic mass is 35.5. The van der Waals surface area contributed by atoms with Crippen LogP contribution in [0.25, 0.3) is 0 Å². The molecule has 0 bridgehead atoms. The minimum absolute atomic E-state index is 0.338. The molecule has 0 fully saturated rings. The molecule has 96 valence electrons. The number of halogens is 2. The second-order valence-electron chi connectivity index (χ2n) is 4.22. The van der Waals surface area contributed by atoms with Crippen molar-refractivity contribution in [3.05, 3.63) is 64.4 Å². The summed E-state index contributed by atoms with van der Waals surface area (Å²) >= 11 is 5.89. The van der Waals surface area contributed by atoms with Crippen LogP contribution in [0.1, 0.15) is 17.2 Å². The second kappa shape index (κ2) is 5.73. The molecule has 0 amide bonds. The molecule has 0 spiro atoms. The van der Waals surface area contributed by atoms with Gasteiger partial charge in [0.1, 0.15) is 11.9 Å². The number of rotatable bonds is 3. The number of hydrogen-bond acceptors (Lipinski definition) is 2. The Bertz CT molecular complexity index is 634. The van der Waals surface area contributed by atoms with Crippen molar-refractivity contribution in [3.8, 4) is 6.07 Å². The molecule has 0 heterocycles. The summed E-state index contributed by atoms with van der Waals surface area (Å²) in [5.74, 6) is -0.338. The summed E-state index contributed by atoms with van der Waals surface area (Å²) in [6.45, 7) is 1.89. The molecule has 2 aromatic rings. The molecule has 0 aromatic heterocycles. The number of nitrogens with zero attached hydrogens (tertiary/aromatic N) is 1. The van der Waals surface area contributed by atoms with Crippen LogP contribution in [-0.2, 0) is 0 Å². The molecule has 4 heteroatoms. The van der Waals surface area contributed by atoms with E-state index < -0.39 is 6.04 Å². The lowest BCUT2D eigenvalue weighted by Gasteiger charge is -2.15. The molecule has 0 aliphatic heterocycles. The van der Waals surface area contributed by atoms with Crippen LogP contribution in [-0.4, -0.2) is 0 Å². The zero-order valence-corrected chi connectivity index (χ0v) is 11.1. The summed E-state index contributed by atoms with van der Waals surface area (Å²) in [4.78, 5) is 0. The van der Waals surface area contributed by atoms with Gasteiger partial charge in [0.2, 0.25) is 0 Å². The smallest absolute Gasteiger partial charge is 0.140 e. The molecule has 0 saturated heterocycles. The minimum atomic E-state index is -0.543. The van der Waals surface area contributed by atoms with Crippen molar-refractivity contribution < 1.29 is 4.39 Å². The molecular formula is C15H12ClFN2. The van der Waals surface area contributed by atoms with Crippen LogP contribution in [0.3, 0.4) is 0 Å². The maximum absolute atomic E-state index is 13.1. The van der Waals surface area contributed by atoms with Crippen LogP contribution in [0.2, 0.25) is 5.02 Å². The van der Waals surface area contributed by atoms with Crippen LogP contribution in [0.4, 0.5) is 10.1 Å². The van der Waals surface area contributed by atoms with E-state index in [4.69, 9.17) is 11.6 Å². The fourth-order valence-electron chi connectivity index (χ4n) is 1.89. The average Bonchev–Trinajstić information content (AvgIpc) is 2.37. The van der Waals surface area contributed by atoms with Crippen LogP contribution in [0, 0.1) is 24.1 Å².